The predicted octanol–water partition coefficient (Wildman–Crippen LogP) is 2.00. The van der Waals surface area contributed by atoms with Crippen molar-refractivity contribution in [2.24, 2.45) is 5.92 Å². The molecule has 2 aliphatic rings. The molecule has 5 heteroatoms. The van der Waals surface area contributed by atoms with E-state index in [9.17, 15) is 8.42 Å². The van der Waals surface area contributed by atoms with Gasteiger partial charge in [0.25, 0.3) is 0 Å². The molecule has 1 N–H and O–H groups in total. The Bertz CT molecular complexity index is 559. The predicted molar refractivity (Wildman–Crippen MR) is 86.3 cm³/mol. The number of piperidine rings is 1. The maximum atomic E-state index is 11.6. The van der Waals surface area contributed by atoms with Gasteiger partial charge in [0, 0.05) is 24.8 Å². The Hall–Kier alpha value is -1.07. The van der Waals surface area contributed by atoms with Crippen molar-refractivity contribution in [2.75, 3.05) is 36.5 Å². The first-order valence-electron chi connectivity index (χ1n) is 7.85. The van der Waals surface area contributed by atoms with Gasteiger partial charge in [-0.25, -0.2) is 8.42 Å². The van der Waals surface area contributed by atoms with Crippen LogP contribution in [0.5, 0.6) is 0 Å². The summed E-state index contributed by atoms with van der Waals surface area (Å²) in [7, 11) is -2.75. The van der Waals surface area contributed by atoms with E-state index in [0.29, 0.717) is 23.5 Å². The number of likely N-dealkylation sites (tertiary alicyclic amines) is 1. The fourth-order valence-corrected chi connectivity index (χ4v) is 5.34. The summed E-state index contributed by atoms with van der Waals surface area (Å²) in [5.41, 5.74) is 1.17. The summed E-state index contributed by atoms with van der Waals surface area (Å²) < 4.78 is 23.1. The summed E-state index contributed by atoms with van der Waals surface area (Å²) in [5, 5.41) is 3.59. The molecule has 0 saturated carbocycles. The molecule has 4 nitrogen and oxygen atoms in total. The van der Waals surface area contributed by atoms with E-state index in [2.05, 4.69) is 22.3 Å². The standard InChI is InChI=1S/C16H24N2O2S/c19-21(20)10-8-14(13-21)11-18-9-4-7-16(12-18)17-15-5-2-1-3-6-15/h1-3,5-6,14,16-17H,4,7-13H2/t14-,16-/m0/s1. The third-order valence-electron chi connectivity index (χ3n) is 4.49. The molecule has 2 atom stereocenters. The zero-order valence-electron chi connectivity index (χ0n) is 12.4. The summed E-state index contributed by atoms with van der Waals surface area (Å²) in [6.45, 7) is 3.06. The van der Waals surface area contributed by atoms with E-state index in [1.165, 1.54) is 18.5 Å². The molecule has 2 saturated heterocycles. The Labute approximate surface area is 127 Å². The van der Waals surface area contributed by atoms with Gasteiger partial charge in [-0.05, 0) is 43.9 Å². The second-order valence-corrected chi connectivity index (χ2v) is 8.61. The lowest BCUT2D eigenvalue weighted by Gasteiger charge is -2.35. The van der Waals surface area contributed by atoms with Gasteiger partial charge < -0.3 is 10.2 Å². The van der Waals surface area contributed by atoms with Crippen LogP contribution in [0.4, 0.5) is 5.69 Å². The largest absolute Gasteiger partial charge is 0.381 e. The van der Waals surface area contributed by atoms with Crippen LogP contribution in [0.1, 0.15) is 19.3 Å². The van der Waals surface area contributed by atoms with Crippen molar-refractivity contribution >= 4 is 15.5 Å². The van der Waals surface area contributed by atoms with Crippen molar-refractivity contribution < 1.29 is 8.42 Å². The zero-order valence-corrected chi connectivity index (χ0v) is 13.2. The van der Waals surface area contributed by atoms with E-state index in [1.54, 1.807) is 0 Å². The summed E-state index contributed by atoms with van der Waals surface area (Å²) in [4.78, 5) is 2.44. The summed E-state index contributed by atoms with van der Waals surface area (Å²) in [6.07, 6.45) is 3.22. The second kappa shape index (κ2) is 6.36. The van der Waals surface area contributed by atoms with Gasteiger partial charge in [0.1, 0.15) is 0 Å². The third-order valence-corrected chi connectivity index (χ3v) is 6.33. The normalized spacial score (nSPS) is 29.3. The molecule has 0 radical (unpaired) electrons. The number of hydrogen-bond donors (Lipinski definition) is 1. The van der Waals surface area contributed by atoms with Crippen LogP contribution >= 0.6 is 0 Å². The first kappa shape index (κ1) is 14.9. The number of para-hydroxylation sites is 1. The molecule has 1 aromatic carbocycles. The molecule has 3 rings (SSSR count). The maximum Gasteiger partial charge on any atom is 0.150 e. The number of benzene rings is 1. The molecule has 21 heavy (non-hydrogen) atoms. The number of anilines is 1. The van der Waals surface area contributed by atoms with Crippen molar-refractivity contribution in [1.29, 1.82) is 0 Å². The highest BCUT2D eigenvalue weighted by Gasteiger charge is 2.30. The minimum atomic E-state index is -2.75. The molecule has 0 unspecified atom stereocenters. The quantitative estimate of drug-likeness (QED) is 0.924. The van der Waals surface area contributed by atoms with Crippen LogP contribution < -0.4 is 5.32 Å². The molecular formula is C16H24N2O2S. The Balaban J connectivity index is 1.52. The molecule has 116 valence electrons. The lowest BCUT2D eigenvalue weighted by molar-refractivity contribution is 0.192. The van der Waals surface area contributed by atoms with Crippen LogP contribution in [-0.4, -0.2) is 50.5 Å². The van der Waals surface area contributed by atoms with Crippen molar-refractivity contribution in [3.8, 4) is 0 Å². The molecule has 0 aromatic heterocycles. The van der Waals surface area contributed by atoms with Gasteiger partial charge in [-0.15, -0.1) is 0 Å². The van der Waals surface area contributed by atoms with Crippen molar-refractivity contribution in [3.05, 3.63) is 30.3 Å². The van der Waals surface area contributed by atoms with E-state index >= 15 is 0 Å². The topological polar surface area (TPSA) is 49.4 Å². The Kier molecular flexibility index (Phi) is 4.50. The molecule has 2 fully saturated rings. The highest BCUT2D eigenvalue weighted by Crippen LogP contribution is 2.22. The molecule has 0 aliphatic carbocycles. The van der Waals surface area contributed by atoms with Crippen LogP contribution in [0.15, 0.2) is 30.3 Å². The Morgan fingerprint density at radius 3 is 2.71 bits per heavy atom. The summed E-state index contributed by atoms with van der Waals surface area (Å²) >= 11 is 0. The van der Waals surface area contributed by atoms with E-state index in [-0.39, 0.29) is 0 Å². The fraction of sp³-hybridized carbons (Fsp3) is 0.625. The zero-order chi connectivity index (χ0) is 14.7. The average molecular weight is 308 g/mol. The Morgan fingerprint density at radius 1 is 1.19 bits per heavy atom. The molecular weight excluding hydrogens is 284 g/mol. The van der Waals surface area contributed by atoms with Gasteiger partial charge in [0.05, 0.1) is 11.5 Å². The van der Waals surface area contributed by atoms with Gasteiger partial charge in [0.15, 0.2) is 9.84 Å². The summed E-state index contributed by atoms with van der Waals surface area (Å²) in [5.74, 6) is 1.11. The van der Waals surface area contributed by atoms with Gasteiger partial charge in [-0.3, -0.25) is 0 Å². The first-order chi connectivity index (χ1) is 10.1. The van der Waals surface area contributed by atoms with Crippen LogP contribution in [0.3, 0.4) is 0 Å². The Morgan fingerprint density at radius 2 is 2.00 bits per heavy atom. The van der Waals surface area contributed by atoms with Crippen LogP contribution in [-0.2, 0) is 9.84 Å². The number of sulfone groups is 1. The lowest BCUT2D eigenvalue weighted by atomic mass is 10.0. The fourth-order valence-electron chi connectivity index (χ4n) is 3.49. The van der Waals surface area contributed by atoms with Crippen LogP contribution in [0.2, 0.25) is 0 Å². The van der Waals surface area contributed by atoms with E-state index in [0.717, 1.165) is 26.1 Å². The first-order valence-corrected chi connectivity index (χ1v) is 9.67. The highest BCUT2D eigenvalue weighted by atomic mass is 32.2. The smallest absolute Gasteiger partial charge is 0.150 e. The van der Waals surface area contributed by atoms with Crippen molar-refractivity contribution in [3.63, 3.8) is 0 Å². The molecule has 1 aromatic rings. The van der Waals surface area contributed by atoms with E-state index in [1.807, 2.05) is 18.2 Å². The van der Waals surface area contributed by atoms with Crippen LogP contribution in [0, 0.1) is 5.92 Å². The molecule has 0 amide bonds. The van der Waals surface area contributed by atoms with E-state index in [4.69, 9.17) is 0 Å². The SMILES string of the molecule is O=S1(=O)CC[C@@H](CN2CCC[C@H](Nc3ccccc3)C2)C1. The molecule has 2 heterocycles. The average Bonchev–Trinajstić information content (AvgIpc) is 2.79. The molecule has 2 aliphatic heterocycles. The molecule has 0 bridgehead atoms. The van der Waals surface area contributed by atoms with Crippen molar-refractivity contribution in [2.45, 2.75) is 25.3 Å². The minimum absolute atomic E-state index is 0.338. The number of rotatable bonds is 4. The number of nitrogens with one attached hydrogen (secondary N) is 1. The molecule has 0 spiro atoms. The number of nitrogens with zero attached hydrogens (tertiary/aromatic N) is 1. The monoisotopic (exact) mass is 308 g/mol. The highest BCUT2D eigenvalue weighted by molar-refractivity contribution is 7.91. The van der Waals surface area contributed by atoms with Crippen LogP contribution in [0.25, 0.3) is 0 Å². The lowest BCUT2D eigenvalue weighted by Crippen LogP contribution is -2.44. The van der Waals surface area contributed by atoms with E-state index < -0.39 is 9.84 Å². The van der Waals surface area contributed by atoms with Gasteiger partial charge in [0.2, 0.25) is 0 Å². The van der Waals surface area contributed by atoms with Gasteiger partial charge in [-0.1, -0.05) is 18.2 Å². The van der Waals surface area contributed by atoms with Gasteiger partial charge in [-0.2, -0.15) is 0 Å². The third kappa shape index (κ3) is 4.20. The minimum Gasteiger partial charge on any atom is -0.381 e. The summed E-state index contributed by atoms with van der Waals surface area (Å²) in [6, 6.07) is 10.8. The van der Waals surface area contributed by atoms with Gasteiger partial charge >= 0.3 is 0 Å². The van der Waals surface area contributed by atoms with Crippen molar-refractivity contribution in [1.82, 2.24) is 4.90 Å². The number of hydrogen-bond acceptors (Lipinski definition) is 4. The second-order valence-electron chi connectivity index (χ2n) is 6.38. The maximum absolute atomic E-state index is 11.6.